The van der Waals surface area contributed by atoms with Gasteiger partial charge in [-0.25, -0.2) is 0 Å². The quantitative estimate of drug-likeness (QED) is 0.805. The molecule has 2 rings (SSSR count). The molecule has 4 heteroatoms. The van der Waals surface area contributed by atoms with Crippen LogP contribution in [-0.4, -0.2) is 49.2 Å². The van der Waals surface area contributed by atoms with Gasteiger partial charge in [-0.15, -0.1) is 0 Å². The van der Waals surface area contributed by atoms with Crippen LogP contribution in [0.4, 0.5) is 0 Å². The fourth-order valence-electron chi connectivity index (χ4n) is 2.64. The highest BCUT2D eigenvalue weighted by Crippen LogP contribution is 2.17. The maximum atomic E-state index is 12.0. The molecule has 0 saturated carbocycles. The summed E-state index contributed by atoms with van der Waals surface area (Å²) in [5, 5.41) is 3.35. The standard InChI is InChI=1S/C13H24N2O2/c1-11-10-15(8-7-14-11)13(16)6-5-12-4-2-3-9-17-12/h11-12,14H,2-10H2,1H3/t11-,12?/m0/s1. The number of amides is 1. The second-order valence-corrected chi connectivity index (χ2v) is 5.22. The van der Waals surface area contributed by atoms with Crippen LogP contribution in [0.2, 0.25) is 0 Å². The topological polar surface area (TPSA) is 41.6 Å². The number of rotatable bonds is 3. The number of nitrogens with one attached hydrogen (secondary N) is 1. The number of carbonyl (C=O) groups excluding carboxylic acids is 1. The van der Waals surface area contributed by atoms with Gasteiger partial charge in [0.05, 0.1) is 6.10 Å². The second-order valence-electron chi connectivity index (χ2n) is 5.22. The van der Waals surface area contributed by atoms with Crippen molar-refractivity contribution in [1.29, 1.82) is 0 Å². The molecule has 2 aliphatic rings. The lowest BCUT2D eigenvalue weighted by Crippen LogP contribution is -2.51. The number of piperazine rings is 1. The van der Waals surface area contributed by atoms with Gasteiger partial charge in [-0.1, -0.05) is 0 Å². The van der Waals surface area contributed by atoms with Crippen LogP contribution >= 0.6 is 0 Å². The normalized spacial score (nSPS) is 30.3. The van der Waals surface area contributed by atoms with E-state index in [-0.39, 0.29) is 0 Å². The van der Waals surface area contributed by atoms with Crippen molar-refractivity contribution in [2.24, 2.45) is 0 Å². The van der Waals surface area contributed by atoms with Crippen molar-refractivity contribution in [3.63, 3.8) is 0 Å². The van der Waals surface area contributed by atoms with Gasteiger partial charge < -0.3 is 15.0 Å². The molecular formula is C13H24N2O2. The van der Waals surface area contributed by atoms with Crippen molar-refractivity contribution in [1.82, 2.24) is 10.2 Å². The summed E-state index contributed by atoms with van der Waals surface area (Å²) in [7, 11) is 0. The Hall–Kier alpha value is -0.610. The number of ether oxygens (including phenoxy) is 1. The van der Waals surface area contributed by atoms with Gasteiger partial charge >= 0.3 is 0 Å². The molecule has 2 fully saturated rings. The van der Waals surface area contributed by atoms with Crippen molar-refractivity contribution in [2.45, 2.75) is 51.2 Å². The van der Waals surface area contributed by atoms with Gasteiger partial charge in [-0.2, -0.15) is 0 Å². The lowest BCUT2D eigenvalue weighted by atomic mass is 10.0. The minimum Gasteiger partial charge on any atom is -0.378 e. The molecule has 0 aromatic carbocycles. The number of carbonyl (C=O) groups is 1. The van der Waals surface area contributed by atoms with Gasteiger partial charge in [0.2, 0.25) is 5.91 Å². The summed E-state index contributed by atoms with van der Waals surface area (Å²) in [5.74, 6) is 0.299. The second kappa shape index (κ2) is 6.36. The van der Waals surface area contributed by atoms with Crippen LogP contribution in [0.5, 0.6) is 0 Å². The molecule has 0 aliphatic carbocycles. The van der Waals surface area contributed by atoms with Crippen molar-refractivity contribution in [3.05, 3.63) is 0 Å². The lowest BCUT2D eigenvalue weighted by molar-refractivity contribution is -0.133. The maximum absolute atomic E-state index is 12.0. The van der Waals surface area contributed by atoms with E-state index in [0.29, 0.717) is 24.5 Å². The first-order valence-electron chi connectivity index (χ1n) is 6.88. The van der Waals surface area contributed by atoms with Crippen molar-refractivity contribution in [2.75, 3.05) is 26.2 Å². The summed E-state index contributed by atoms with van der Waals surface area (Å²) in [5.41, 5.74) is 0. The molecule has 0 spiro atoms. The Kier molecular flexibility index (Phi) is 4.80. The molecule has 2 atom stereocenters. The van der Waals surface area contributed by atoms with E-state index in [2.05, 4.69) is 12.2 Å². The molecule has 0 aromatic rings. The van der Waals surface area contributed by atoms with Crippen molar-refractivity contribution in [3.8, 4) is 0 Å². The summed E-state index contributed by atoms with van der Waals surface area (Å²) in [6.45, 7) is 5.64. The third kappa shape index (κ3) is 3.96. The Bertz CT molecular complexity index is 252. The van der Waals surface area contributed by atoms with Crippen LogP contribution in [-0.2, 0) is 9.53 Å². The molecule has 4 nitrogen and oxygen atoms in total. The molecule has 2 saturated heterocycles. The van der Waals surface area contributed by atoms with Gasteiger partial charge in [0.25, 0.3) is 0 Å². The van der Waals surface area contributed by atoms with Gasteiger partial charge in [0.15, 0.2) is 0 Å². The number of nitrogens with zero attached hydrogens (tertiary/aromatic N) is 1. The van der Waals surface area contributed by atoms with Crippen molar-refractivity contribution < 1.29 is 9.53 Å². The zero-order valence-corrected chi connectivity index (χ0v) is 10.8. The van der Waals surface area contributed by atoms with E-state index in [1.54, 1.807) is 0 Å². The fourth-order valence-corrected chi connectivity index (χ4v) is 2.64. The van der Waals surface area contributed by atoms with Crippen LogP contribution in [0, 0.1) is 0 Å². The largest absolute Gasteiger partial charge is 0.378 e. The maximum Gasteiger partial charge on any atom is 0.222 e. The van der Waals surface area contributed by atoms with Crippen LogP contribution in [0.1, 0.15) is 39.0 Å². The van der Waals surface area contributed by atoms with Crippen LogP contribution in [0.25, 0.3) is 0 Å². The highest BCUT2D eigenvalue weighted by atomic mass is 16.5. The molecule has 0 radical (unpaired) electrons. The monoisotopic (exact) mass is 240 g/mol. The van der Waals surface area contributed by atoms with E-state index in [1.165, 1.54) is 12.8 Å². The first-order valence-corrected chi connectivity index (χ1v) is 6.88. The molecule has 1 unspecified atom stereocenters. The third-order valence-corrected chi connectivity index (χ3v) is 3.68. The highest BCUT2D eigenvalue weighted by Gasteiger charge is 2.22. The Morgan fingerprint density at radius 3 is 3.06 bits per heavy atom. The minimum absolute atomic E-state index is 0.299. The van der Waals surface area contributed by atoms with Crippen LogP contribution < -0.4 is 5.32 Å². The van der Waals surface area contributed by atoms with Gasteiger partial charge in [-0.3, -0.25) is 4.79 Å². The smallest absolute Gasteiger partial charge is 0.222 e. The van der Waals surface area contributed by atoms with E-state index < -0.39 is 0 Å². The molecule has 2 heterocycles. The molecular weight excluding hydrogens is 216 g/mol. The predicted molar refractivity (Wildman–Crippen MR) is 66.9 cm³/mol. The predicted octanol–water partition coefficient (Wildman–Crippen LogP) is 1.16. The summed E-state index contributed by atoms with van der Waals surface area (Å²) < 4.78 is 5.65. The summed E-state index contributed by atoms with van der Waals surface area (Å²) in [4.78, 5) is 14.0. The summed E-state index contributed by atoms with van der Waals surface area (Å²) >= 11 is 0. The van der Waals surface area contributed by atoms with Gasteiger partial charge in [-0.05, 0) is 32.6 Å². The van der Waals surface area contributed by atoms with E-state index in [4.69, 9.17) is 4.74 Å². The van der Waals surface area contributed by atoms with Crippen LogP contribution in [0.15, 0.2) is 0 Å². The number of hydrogen-bond donors (Lipinski definition) is 1. The van der Waals surface area contributed by atoms with Gasteiger partial charge in [0.1, 0.15) is 0 Å². The third-order valence-electron chi connectivity index (χ3n) is 3.68. The fraction of sp³-hybridized carbons (Fsp3) is 0.923. The first-order chi connectivity index (χ1) is 8.25. The van der Waals surface area contributed by atoms with E-state index in [1.807, 2.05) is 4.90 Å². The van der Waals surface area contributed by atoms with E-state index in [0.717, 1.165) is 39.1 Å². The Balaban J connectivity index is 1.69. The molecule has 2 aliphatic heterocycles. The summed E-state index contributed by atoms with van der Waals surface area (Å²) in [6, 6.07) is 0.429. The molecule has 0 aromatic heterocycles. The van der Waals surface area contributed by atoms with E-state index in [9.17, 15) is 4.79 Å². The zero-order chi connectivity index (χ0) is 12.1. The number of hydrogen-bond acceptors (Lipinski definition) is 3. The molecule has 17 heavy (non-hydrogen) atoms. The zero-order valence-electron chi connectivity index (χ0n) is 10.8. The molecule has 98 valence electrons. The average Bonchev–Trinajstić information content (AvgIpc) is 2.37. The SMILES string of the molecule is C[C@H]1CN(C(=O)CCC2CCCCO2)CCN1. The summed E-state index contributed by atoms with van der Waals surface area (Å²) in [6.07, 6.45) is 5.44. The molecule has 1 N–H and O–H groups in total. The van der Waals surface area contributed by atoms with Crippen molar-refractivity contribution >= 4 is 5.91 Å². The Labute approximate surface area is 104 Å². The molecule has 1 amide bonds. The highest BCUT2D eigenvalue weighted by molar-refractivity contribution is 5.76. The lowest BCUT2D eigenvalue weighted by Gasteiger charge is -2.32. The van der Waals surface area contributed by atoms with E-state index >= 15 is 0 Å². The average molecular weight is 240 g/mol. The van der Waals surface area contributed by atoms with Gasteiger partial charge in [0, 0.05) is 38.7 Å². The first kappa shape index (κ1) is 12.8. The molecule has 0 bridgehead atoms. The van der Waals surface area contributed by atoms with Crippen LogP contribution in [0.3, 0.4) is 0 Å². The Morgan fingerprint density at radius 1 is 1.47 bits per heavy atom. The Morgan fingerprint density at radius 2 is 2.35 bits per heavy atom. The minimum atomic E-state index is 0.299.